The molecule has 1 atom stereocenters. The highest BCUT2D eigenvalue weighted by molar-refractivity contribution is 14.1. The van der Waals surface area contributed by atoms with Crippen molar-refractivity contribution in [3.8, 4) is 0 Å². The van der Waals surface area contributed by atoms with E-state index < -0.39 is 0 Å². The van der Waals surface area contributed by atoms with E-state index in [2.05, 4.69) is 41.8 Å². The van der Waals surface area contributed by atoms with Crippen LogP contribution in [0.2, 0.25) is 0 Å². The van der Waals surface area contributed by atoms with Gasteiger partial charge in [-0.1, -0.05) is 36.4 Å². The normalized spacial score (nSPS) is 13.9. The number of rotatable bonds is 6. The quantitative estimate of drug-likeness (QED) is 0.577. The Labute approximate surface area is 84.5 Å². The van der Waals surface area contributed by atoms with E-state index >= 15 is 0 Å². The highest BCUT2D eigenvalue weighted by Crippen LogP contribution is 2.17. The highest BCUT2D eigenvalue weighted by atomic mass is 127. The summed E-state index contributed by atoms with van der Waals surface area (Å²) >= 11 is 2.49. The minimum absolute atomic E-state index is 0.853. The maximum atomic E-state index is 3.20. The van der Waals surface area contributed by atoms with E-state index in [1.165, 1.54) is 23.8 Å². The number of hydrogen-bond acceptors (Lipinski definition) is 1. The van der Waals surface area contributed by atoms with Crippen LogP contribution < -0.4 is 5.32 Å². The molecule has 1 nitrogen and oxygen atoms in total. The third kappa shape index (κ3) is 7.06. The minimum Gasteiger partial charge on any atom is -0.320 e. The van der Waals surface area contributed by atoms with Gasteiger partial charge < -0.3 is 5.32 Å². The first-order valence-corrected chi connectivity index (χ1v) is 5.93. The molecule has 0 amide bonds. The summed E-state index contributed by atoms with van der Waals surface area (Å²) in [5.41, 5.74) is 0. The summed E-state index contributed by atoms with van der Waals surface area (Å²) in [5, 5.41) is 3.20. The molecule has 0 aliphatic carbocycles. The maximum Gasteiger partial charge on any atom is 0.00242 e. The van der Waals surface area contributed by atoms with Gasteiger partial charge in [0.1, 0.15) is 0 Å². The van der Waals surface area contributed by atoms with E-state index in [-0.39, 0.29) is 0 Å². The Morgan fingerprint density at radius 1 is 1.36 bits per heavy atom. The van der Waals surface area contributed by atoms with E-state index in [0.29, 0.717) is 0 Å². The molecule has 0 aromatic rings. The van der Waals surface area contributed by atoms with E-state index in [0.717, 1.165) is 11.8 Å². The molecule has 0 heterocycles. The molecule has 0 spiro atoms. The van der Waals surface area contributed by atoms with Crippen molar-refractivity contribution in [3.63, 3.8) is 0 Å². The third-order valence-corrected chi connectivity index (χ3v) is 3.07. The maximum absolute atomic E-state index is 3.20. The van der Waals surface area contributed by atoms with E-state index in [1.54, 1.807) is 0 Å². The molecule has 1 N–H and O–H groups in total. The van der Waals surface area contributed by atoms with Gasteiger partial charge in [0.05, 0.1) is 0 Å². The first-order valence-electron chi connectivity index (χ1n) is 4.41. The van der Waals surface area contributed by atoms with Gasteiger partial charge in [-0.3, -0.25) is 0 Å². The Morgan fingerprint density at radius 2 is 2.00 bits per heavy atom. The molecule has 0 rings (SSSR count). The van der Waals surface area contributed by atoms with Crippen molar-refractivity contribution in [2.24, 2.45) is 11.8 Å². The van der Waals surface area contributed by atoms with Crippen LogP contribution in [0.3, 0.4) is 0 Å². The summed E-state index contributed by atoms with van der Waals surface area (Å²) < 4.78 is 1.30. The Kier molecular flexibility index (Phi) is 7.81. The third-order valence-electron chi connectivity index (χ3n) is 1.83. The Morgan fingerprint density at radius 3 is 2.36 bits per heavy atom. The van der Waals surface area contributed by atoms with Gasteiger partial charge in [0.2, 0.25) is 0 Å². The molecule has 2 heteroatoms. The smallest absolute Gasteiger partial charge is 0.00242 e. The van der Waals surface area contributed by atoms with E-state index in [9.17, 15) is 0 Å². The van der Waals surface area contributed by atoms with Crippen molar-refractivity contribution in [1.29, 1.82) is 0 Å². The molecule has 68 valence electrons. The van der Waals surface area contributed by atoms with Gasteiger partial charge in [-0.15, -0.1) is 0 Å². The van der Waals surface area contributed by atoms with Gasteiger partial charge in [0.15, 0.2) is 0 Å². The molecule has 0 saturated heterocycles. The van der Waals surface area contributed by atoms with Crippen LogP contribution in [-0.4, -0.2) is 18.0 Å². The topological polar surface area (TPSA) is 12.0 Å². The monoisotopic (exact) mass is 269 g/mol. The zero-order valence-corrected chi connectivity index (χ0v) is 10.0. The van der Waals surface area contributed by atoms with Gasteiger partial charge >= 0.3 is 0 Å². The fourth-order valence-corrected chi connectivity index (χ4v) is 2.07. The number of hydrogen-bond donors (Lipinski definition) is 1. The van der Waals surface area contributed by atoms with Crippen LogP contribution in [0.25, 0.3) is 0 Å². The summed E-state index contributed by atoms with van der Waals surface area (Å²) in [5.74, 6) is 1.77. The summed E-state index contributed by atoms with van der Waals surface area (Å²) in [7, 11) is 2.03. The summed E-state index contributed by atoms with van der Waals surface area (Å²) in [6.07, 6.45) is 2.71. The second-order valence-corrected chi connectivity index (χ2v) is 4.42. The molecule has 0 radical (unpaired) electrons. The summed E-state index contributed by atoms with van der Waals surface area (Å²) in [6.45, 7) is 5.78. The van der Waals surface area contributed by atoms with Crippen LogP contribution in [0.5, 0.6) is 0 Å². The van der Waals surface area contributed by atoms with Crippen LogP contribution in [0.4, 0.5) is 0 Å². The van der Waals surface area contributed by atoms with Crippen LogP contribution in [-0.2, 0) is 0 Å². The number of nitrogens with one attached hydrogen (secondary N) is 1. The zero-order valence-electron chi connectivity index (χ0n) is 7.86. The molecule has 0 saturated carbocycles. The van der Waals surface area contributed by atoms with Gasteiger partial charge in [-0.05, 0) is 38.3 Å². The van der Waals surface area contributed by atoms with Crippen LogP contribution in [0.1, 0.15) is 26.7 Å². The van der Waals surface area contributed by atoms with Crippen LogP contribution in [0.15, 0.2) is 0 Å². The fraction of sp³-hybridized carbons (Fsp3) is 1.00. The summed E-state index contributed by atoms with van der Waals surface area (Å²) in [4.78, 5) is 0. The first kappa shape index (κ1) is 11.7. The van der Waals surface area contributed by atoms with Crippen molar-refractivity contribution in [2.75, 3.05) is 18.0 Å². The predicted octanol–water partition coefficient (Wildman–Crippen LogP) is 2.69. The molecule has 0 fully saturated rings. The van der Waals surface area contributed by atoms with Gasteiger partial charge in [-0.2, -0.15) is 0 Å². The van der Waals surface area contributed by atoms with Crippen molar-refractivity contribution >= 4 is 22.6 Å². The van der Waals surface area contributed by atoms with Gasteiger partial charge in [0, 0.05) is 4.43 Å². The lowest BCUT2D eigenvalue weighted by Crippen LogP contribution is -2.15. The van der Waals surface area contributed by atoms with E-state index in [1.807, 2.05) is 7.05 Å². The molecule has 0 aromatic carbocycles. The Hall–Kier alpha value is 0.690. The van der Waals surface area contributed by atoms with Crippen LogP contribution in [0, 0.1) is 11.8 Å². The number of halogens is 1. The average Bonchev–Trinajstić information content (AvgIpc) is 1.97. The molecular weight excluding hydrogens is 249 g/mol. The first-order chi connectivity index (χ1) is 5.20. The largest absolute Gasteiger partial charge is 0.320 e. The fourth-order valence-electron chi connectivity index (χ4n) is 1.27. The van der Waals surface area contributed by atoms with Crippen molar-refractivity contribution in [3.05, 3.63) is 0 Å². The summed E-state index contributed by atoms with van der Waals surface area (Å²) in [6, 6.07) is 0. The molecule has 0 bridgehead atoms. The van der Waals surface area contributed by atoms with Gasteiger partial charge in [-0.25, -0.2) is 0 Å². The van der Waals surface area contributed by atoms with E-state index in [4.69, 9.17) is 0 Å². The molecule has 11 heavy (non-hydrogen) atoms. The van der Waals surface area contributed by atoms with Crippen molar-refractivity contribution < 1.29 is 0 Å². The van der Waals surface area contributed by atoms with Crippen molar-refractivity contribution in [2.45, 2.75) is 26.7 Å². The lowest BCUT2D eigenvalue weighted by atomic mass is 9.96. The lowest BCUT2D eigenvalue weighted by molar-refractivity contribution is 0.421. The highest BCUT2D eigenvalue weighted by Gasteiger charge is 2.07. The standard InChI is InChI=1S/C9H20IN/c1-8(2)6-9(7-10)4-5-11-3/h8-9,11H,4-7H2,1-3H3. The average molecular weight is 269 g/mol. The molecule has 0 aliphatic heterocycles. The van der Waals surface area contributed by atoms with Gasteiger partial charge in [0.25, 0.3) is 0 Å². The molecule has 1 unspecified atom stereocenters. The zero-order chi connectivity index (χ0) is 8.69. The Bertz CT molecular complexity index is 83.6. The Balaban J connectivity index is 3.41. The minimum atomic E-state index is 0.853. The lowest BCUT2D eigenvalue weighted by Gasteiger charge is -2.15. The van der Waals surface area contributed by atoms with Crippen LogP contribution >= 0.6 is 22.6 Å². The molecular formula is C9H20IN. The SMILES string of the molecule is CNCCC(CI)CC(C)C. The molecule has 0 aromatic heterocycles. The second-order valence-electron chi connectivity index (χ2n) is 3.54. The predicted molar refractivity (Wildman–Crippen MR) is 60.4 cm³/mol. The van der Waals surface area contributed by atoms with Crippen molar-refractivity contribution in [1.82, 2.24) is 5.32 Å². The molecule has 0 aliphatic rings. The second kappa shape index (κ2) is 7.35. The number of alkyl halides is 1.